The van der Waals surface area contributed by atoms with Gasteiger partial charge in [0.25, 0.3) is 0 Å². The highest BCUT2D eigenvalue weighted by atomic mass is 19.4. The third-order valence-electron chi connectivity index (χ3n) is 8.30. The van der Waals surface area contributed by atoms with E-state index in [-0.39, 0.29) is 0 Å². The van der Waals surface area contributed by atoms with Crippen molar-refractivity contribution in [2.24, 2.45) is 0 Å². The first-order valence-electron chi connectivity index (χ1n) is 15.3. The molecule has 0 atom stereocenters. The smallest absolute Gasteiger partial charge is 0.416 e. The Morgan fingerprint density at radius 1 is 0.360 bits per heavy atom. The summed E-state index contributed by atoms with van der Waals surface area (Å²) < 4.78 is 98.5. The standard InChI is InChI=1S/C40H29F6NO3/c1-48-31-18-8-24(9-19-31)34-35(25-4-14-29(15-5-25)39(41,42)43)37(27-10-20-32(49-2)21-11-27)47-38(28-12-22-33(50-3)23-13-28)36(34)26-6-16-30(17-7-26)40(44,45)46/h4-23H,1-3H3. The van der Waals surface area contributed by atoms with Crippen LogP contribution < -0.4 is 14.2 Å². The number of rotatable bonds is 8. The van der Waals surface area contributed by atoms with Crippen molar-refractivity contribution in [2.45, 2.75) is 12.4 Å². The lowest BCUT2D eigenvalue weighted by Gasteiger charge is -2.24. The maximum absolute atomic E-state index is 13.7. The third kappa shape index (κ3) is 6.87. The van der Waals surface area contributed by atoms with Gasteiger partial charge in [-0.05, 0) is 102 Å². The van der Waals surface area contributed by atoms with E-state index in [9.17, 15) is 26.3 Å². The lowest BCUT2D eigenvalue weighted by molar-refractivity contribution is -0.138. The first-order chi connectivity index (χ1) is 23.9. The average Bonchev–Trinajstić information content (AvgIpc) is 3.13. The Hall–Kier alpha value is -5.77. The highest BCUT2D eigenvalue weighted by Crippen LogP contribution is 2.49. The Morgan fingerprint density at radius 3 is 0.900 bits per heavy atom. The van der Waals surface area contributed by atoms with E-state index in [1.165, 1.54) is 45.6 Å². The Morgan fingerprint density at radius 2 is 0.620 bits per heavy atom. The largest absolute Gasteiger partial charge is 0.497 e. The van der Waals surface area contributed by atoms with Crippen LogP contribution in [0.2, 0.25) is 0 Å². The fourth-order valence-corrected chi connectivity index (χ4v) is 5.76. The zero-order valence-corrected chi connectivity index (χ0v) is 27.0. The summed E-state index contributed by atoms with van der Waals surface area (Å²) in [6.45, 7) is 0. The molecule has 0 aliphatic heterocycles. The van der Waals surface area contributed by atoms with Crippen LogP contribution in [-0.2, 0) is 12.4 Å². The maximum Gasteiger partial charge on any atom is 0.416 e. The summed E-state index contributed by atoms with van der Waals surface area (Å²) in [5.41, 5.74) is 3.40. The Bertz CT molecular complexity index is 1960. The predicted molar refractivity (Wildman–Crippen MR) is 181 cm³/mol. The molecule has 6 aromatic rings. The quantitative estimate of drug-likeness (QED) is 0.150. The zero-order valence-electron chi connectivity index (χ0n) is 27.0. The summed E-state index contributed by atoms with van der Waals surface area (Å²) in [6.07, 6.45) is -9.14. The predicted octanol–water partition coefficient (Wildman–Crippen LogP) is 11.5. The van der Waals surface area contributed by atoms with Crippen LogP contribution in [0.5, 0.6) is 17.2 Å². The molecule has 6 rings (SSSR count). The topological polar surface area (TPSA) is 40.6 Å². The van der Waals surface area contributed by atoms with E-state index < -0.39 is 23.5 Å². The molecule has 0 N–H and O–H groups in total. The van der Waals surface area contributed by atoms with Crippen molar-refractivity contribution in [1.82, 2.24) is 4.98 Å². The van der Waals surface area contributed by atoms with Gasteiger partial charge in [-0.3, -0.25) is 0 Å². The molecular formula is C40H29F6NO3. The lowest BCUT2D eigenvalue weighted by Crippen LogP contribution is -2.06. The molecule has 1 heterocycles. The van der Waals surface area contributed by atoms with Crippen LogP contribution in [0.25, 0.3) is 55.9 Å². The molecule has 0 saturated heterocycles. The van der Waals surface area contributed by atoms with Crippen LogP contribution in [-0.4, -0.2) is 26.3 Å². The van der Waals surface area contributed by atoms with Crippen LogP contribution in [0.15, 0.2) is 121 Å². The fraction of sp³-hybridized carbons (Fsp3) is 0.125. The SMILES string of the molecule is COc1ccc(-c2nc(-c3ccc(OC)cc3)c(-c3ccc(C(F)(F)F)cc3)c(-c3ccc(OC)cc3)c2-c2ccc(C(F)(F)F)cc2)cc1. The second-order valence-electron chi connectivity index (χ2n) is 11.3. The lowest BCUT2D eigenvalue weighted by atomic mass is 9.83. The maximum atomic E-state index is 13.7. The number of methoxy groups -OCH3 is 3. The number of pyridine rings is 1. The molecule has 10 heteroatoms. The van der Waals surface area contributed by atoms with E-state index in [2.05, 4.69) is 0 Å². The number of hydrogen-bond donors (Lipinski definition) is 0. The van der Waals surface area contributed by atoms with Crippen molar-refractivity contribution in [2.75, 3.05) is 21.3 Å². The molecule has 0 spiro atoms. The molecule has 0 saturated carbocycles. The summed E-state index contributed by atoms with van der Waals surface area (Å²) in [7, 11) is 4.58. The molecule has 0 fully saturated rings. The van der Waals surface area contributed by atoms with Crippen LogP contribution in [0.1, 0.15) is 11.1 Å². The molecule has 0 aliphatic carbocycles. The van der Waals surface area contributed by atoms with Crippen molar-refractivity contribution < 1.29 is 40.6 Å². The van der Waals surface area contributed by atoms with Crippen LogP contribution in [0.3, 0.4) is 0 Å². The highest BCUT2D eigenvalue weighted by Gasteiger charge is 2.32. The van der Waals surface area contributed by atoms with E-state index in [1.54, 1.807) is 72.8 Å². The normalized spacial score (nSPS) is 11.7. The van der Waals surface area contributed by atoms with Crippen molar-refractivity contribution in [3.8, 4) is 73.1 Å². The third-order valence-corrected chi connectivity index (χ3v) is 8.30. The number of aromatic nitrogens is 1. The molecule has 0 bridgehead atoms. The van der Waals surface area contributed by atoms with Crippen LogP contribution >= 0.6 is 0 Å². The Kier molecular flexibility index (Phi) is 9.29. The van der Waals surface area contributed by atoms with Gasteiger partial charge in [0.2, 0.25) is 0 Å². The van der Waals surface area contributed by atoms with Gasteiger partial charge in [0.05, 0.1) is 43.8 Å². The van der Waals surface area contributed by atoms with Crippen molar-refractivity contribution in [1.29, 1.82) is 0 Å². The monoisotopic (exact) mass is 685 g/mol. The van der Waals surface area contributed by atoms with E-state index in [1.807, 2.05) is 0 Å². The van der Waals surface area contributed by atoms with Gasteiger partial charge in [-0.2, -0.15) is 26.3 Å². The second kappa shape index (κ2) is 13.6. The first-order valence-corrected chi connectivity index (χ1v) is 15.3. The number of ether oxygens (including phenoxy) is 3. The van der Waals surface area contributed by atoms with Crippen molar-refractivity contribution >= 4 is 0 Å². The van der Waals surface area contributed by atoms with E-state index in [0.29, 0.717) is 73.1 Å². The number of benzene rings is 5. The molecule has 254 valence electrons. The van der Waals surface area contributed by atoms with Gasteiger partial charge in [0.15, 0.2) is 0 Å². The summed E-state index contributed by atoms with van der Waals surface area (Å²) >= 11 is 0. The fourth-order valence-electron chi connectivity index (χ4n) is 5.76. The minimum atomic E-state index is -4.57. The van der Waals surface area contributed by atoms with Gasteiger partial charge in [0.1, 0.15) is 17.2 Å². The van der Waals surface area contributed by atoms with Crippen molar-refractivity contribution in [3.05, 3.63) is 132 Å². The molecule has 4 nitrogen and oxygen atoms in total. The van der Waals surface area contributed by atoms with Crippen LogP contribution in [0.4, 0.5) is 26.3 Å². The van der Waals surface area contributed by atoms with Gasteiger partial charge in [0, 0.05) is 27.8 Å². The molecule has 0 unspecified atom stereocenters. The first kappa shape index (κ1) is 34.1. The summed E-state index contributed by atoms with van der Waals surface area (Å²) in [5.74, 6) is 1.72. The van der Waals surface area contributed by atoms with E-state index >= 15 is 0 Å². The van der Waals surface area contributed by atoms with Crippen molar-refractivity contribution in [3.63, 3.8) is 0 Å². The molecule has 0 aliphatic rings. The minimum Gasteiger partial charge on any atom is -0.497 e. The summed E-state index contributed by atoms with van der Waals surface area (Å²) in [6, 6.07) is 30.8. The molecule has 5 aromatic carbocycles. The van der Waals surface area contributed by atoms with Gasteiger partial charge in [-0.1, -0.05) is 36.4 Å². The number of hydrogen-bond acceptors (Lipinski definition) is 4. The average molecular weight is 686 g/mol. The Labute approximate surface area is 284 Å². The molecule has 0 amide bonds. The summed E-state index contributed by atoms with van der Waals surface area (Å²) in [5, 5.41) is 0. The van der Waals surface area contributed by atoms with Gasteiger partial charge in [-0.15, -0.1) is 0 Å². The molecule has 50 heavy (non-hydrogen) atoms. The number of halogens is 6. The molecule has 1 aromatic heterocycles. The summed E-state index contributed by atoms with van der Waals surface area (Å²) in [4.78, 5) is 5.19. The Balaban J connectivity index is 1.79. The van der Waals surface area contributed by atoms with Gasteiger partial charge >= 0.3 is 12.4 Å². The second-order valence-corrected chi connectivity index (χ2v) is 11.3. The number of alkyl halides is 6. The molecular weight excluding hydrogens is 656 g/mol. The zero-order chi connectivity index (χ0) is 35.6. The van der Waals surface area contributed by atoms with Gasteiger partial charge < -0.3 is 14.2 Å². The van der Waals surface area contributed by atoms with E-state index in [4.69, 9.17) is 19.2 Å². The number of nitrogens with zero attached hydrogens (tertiary/aromatic N) is 1. The minimum absolute atomic E-state index is 0.413. The van der Waals surface area contributed by atoms with E-state index in [0.717, 1.165) is 24.3 Å². The van der Waals surface area contributed by atoms with Crippen LogP contribution in [0, 0.1) is 0 Å². The van der Waals surface area contributed by atoms with Gasteiger partial charge in [-0.25, -0.2) is 4.98 Å². The molecule has 0 radical (unpaired) electrons. The highest BCUT2D eigenvalue weighted by molar-refractivity contribution is 6.05.